The average molecular weight is 407 g/mol. The number of methoxy groups -OCH3 is 2. The molecule has 0 unspecified atom stereocenters. The number of esters is 1. The standard InChI is InChI=1S/C20H25NO6S/c1-6-27-20(22)13-21(17-11-14(2)7-9-19(17)26-5)28(23,24)16-8-10-18(25-4)15(3)12-16/h7-12H,6,13H2,1-5H3. The summed E-state index contributed by atoms with van der Waals surface area (Å²) in [6.07, 6.45) is 0. The number of ether oxygens (including phenoxy) is 3. The molecule has 0 amide bonds. The first-order valence-electron chi connectivity index (χ1n) is 8.72. The van der Waals surface area contributed by atoms with Gasteiger partial charge in [-0.05, 0) is 62.2 Å². The molecular weight excluding hydrogens is 382 g/mol. The van der Waals surface area contributed by atoms with Crippen LogP contribution >= 0.6 is 0 Å². The van der Waals surface area contributed by atoms with Gasteiger partial charge >= 0.3 is 5.97 Å². The van der Waals surface area contributed by atoms with Crippen LogP contribution in [-0.2, 0) is 19.6 Å². The lowest BCUT2D eigenvalue weighted by Crippen LogP contribution is -2.37. The van der Waals surface area contributed by atoms with Crippen molar-refractivity contribution in [3.8, 4) is 11.5 Å². The van der Waals surface area contributed by atoms with Crippen molar-refractivity contribution in [2.45, 2.75) is 25.7 Å². The molecule has 28 heavy (non-hydrogen) atoms. The third-order valence-corrected chi connectivity index (χ3v) is 5.89. The maximum absolute atomic E-state index is 13.4. The lowest BCUT2D eigenvalue weighted by molar-refractivity contribution is -0.141. The summed E-state index contributed by atoms with van der Waals surface area (Å²) in [6, 6.07) is 9.66. The quantitative estimate of drug-likeness (QED) is 0.626. The summed E-state index contributed by atoms with van der Waals surface area (Å²) in [7, 11) is -1.11. The van der Waals surface area contributed by atoms with Gasteiger partial charge in [0.1, 0.15) is 18.0 Å². The number of nitrogens with zero attached hydrogens (tertiary/aromatic N) is 1. The Bertz CT molecular complexity index is 955. The maximum atomic E-state index is 13.4. The molecule has 0 bridgehead atoms. The van der Waals surface area contributed by atoms with E-state index in [4.69, 9.17) is 14.2 Å². The molecule has 2 aromatic carbocycles. The summed E-state index contributed by atoms with van der Waals surface area (Å²) < 4.78 is 43.4. The lowest BCUT2D eigenvalue weighted by Gasteiger charge is -2.26. The van der Waals surface area contributed by atoms with Gasteiger partial charge in [0.15, 0.2) is 0 Å². The van der Waals surface area contributed by atoms with Crippen LogP contribution in [0.5, 0.6) is 11.5 Å². The predicted molar refractivity (Wildman–Crippen MR) is 107 cm³/mol. The van der Waals surface area contributed by atoms with Gasteiger partial charge in [-0.3, -0.25) is 9.10 Å². The number of hydrogen-bond acceptors (Lipinski definition) is 6. The Morgan fingerprint density at radius 3 is 2.21 bits per heavy atom. The highest BCUT2D eigenvalue weighted by Gasteiger charge is 2.30. The molecule has 0 aliphatic heterocycles. The van der Waals surface area contributed by atoms with E-state index in [1.54, 1.807) is 38.1 Å². The van der Waals surface area contributed by atoms with Crippen molar-refractivity contribution < 1.29 is 27.4 Å². The Kier molecular flexibility index (Phi) is 6.90. The van der Waals surface area contributed by atoms with E-state index in [1.165, 1.54) is 26.4 Å². The summed E-state index contributed by atoms with van der Waals surface area (Å²) in [4.78, 5) is 12.2. The highest BCUT2D eigenvalue weighted by molar-refractivity contribution is 7.92. The van der Waals surface area contributed by atoms with E-state index in [0.717, 1.165) is 9.87 Å². The summed E-state index contributed by atoms with van der Waals surface area (Å²) >= 11 is 0. The van der Waals surface area contributed by atoms with Gasteiger partial charge in [0, 0.05) is 0 Å². The fraction of sp³-hybridized carbons (Fsp3) is 0.350. The fourth-order valence-corrected chi connectivity index (χ4v) is 4.25. The first kappa shape index (κ1) is 21.6. The Hall–Kier alpha value is -2.74. The second-order valence-corrected chi connectivity index (χ2v) is 7.99. The summed E-state index contributed by atoms with van der Waals surface area (Å²) in [6.45, 7) is 4.92. The van der Waals surface area contributed by atoms with Crippen molar-refractivity contribution in [3.05, 3.63) is 47.5 Å². The summed E-state index contributed by atoms with van der Waals surface area (Å²) in [5, 5.41) is 0. The van der Waals surface area contributed by atoms with E-state index in [9.17, 15) is 13.2 Å². The number of carbonyl (C=O) groups is 1. The van der Waals surface area contributed by atoms with E-state index in [1.807, 2.05) is 6.92 Å². The van der Waals surface area contributed by atoms with Crippen molar-refractivity contribution in [2.75, 3.05) is 31.7 Å². The van der Waals surface area contributed by atoms with Gasteiger partial charge in [-0.25, -0.2) is 8.42 Å². The van der Waals surface area contributed by atoms with Crippen molar-refractivity contribution in [2.24, 2.45) is 0 Å². The number of benzene rings is 2. The predicted octanol–water partition coefficient (Wildman–Crippen LogP) is 3.08. The van der Waals surface area contributed by atoms with E-state index in [2.05, 4.69) is 0 Å². The molecular formula is C20H25NO6S. The smallest absolute Gasteiger partial charge is 0.326 e. The van der Waals surface area contributed by atoms with Crippen LogP contribution in [0.25, 0.3) is 0 Å². The number of carbonyl (C=O) groups excluding carboxylic acids is 1. The molecule has 0 heterocycles. The Morgan fingerprint density at radius 1 is 1.00 bits per heavy atom. The second-order valence-electron chi connectivity index (χ2n) is 6.12. The lowest BCUT2D eigenvalue weighted by atomic mass is 10.2. The van der Waals surface area contributed by atoms with Gasteiger partial charge in [0.2, 0.25) is 0 Å². The average Bonchev–Trinajstić information content (AvgIpc) is 2.66. The van der Waals surface area contributed by atoms with E-state index < -0.39 is 22.5 Å². The molecule has 0 aliphatic rings. The second kappa shape index (κ2) is 8.97. The maximum Gasteiger partial charge on any atom is 0.326 e. The molecule has 2 rings (SSSR count). The number of hydrogen-bond donors (Lipinski definition) is 0. The van der Waals surface area contributed by atoms with Gasteiger partial charge in [0.25, 0.3) is 10.0 Å². The van der Waals surface area contributed by atoms with Crippen LogP contribution in [0.15, 0.2) is 41.3 Å². The molecule has 2 aromatic rings. The highest BCUT2D eigenvalue weighted by Crippen LogP contribution is 2.34. The largest absolute Gasteiger partial charge is 0.496 e. The summed E-state index contributed by atoms with van der Waals surface area (Å²) in [5.74, 6) is 0.257. The van der Waals surface area contributed by atoms with Crippen molar-refractivity contribution >= 4 is 21.7 Å². The molecule has 0 spiro atoms. The number of aryl methyl sites for hydroxylation is 2. The van der Waals surface area contributed by atoms with Crippen LogP contribution in [0.1, 0.15) is 18.1 Å². The first-order valence-corrected chi connectivity index (χ1v) is 10.2. The van der Waals surface area contributed by atoms with Gasteiger partial charge in [-0.2, -0.15) is 0 Å². The van der Waals surface area contributed by atoms with E-state index >= 15 is 0 Å². The molecule has 152 valence electrons. The monoisotopic (exact) mass is 407 g/mol. The number of anilines is 1. The summed E-state index contributed by atoms with van der Waals surface area (Å²) in [5.41, 5.74) is 1.76. The minimum atomic E-state index is -4.07. The van der Waals surface area contributed by atoms with Crippen LogP contribution in [0.2, 0.25) is 0 Å². The van der Waals surface area contributed by atoms with E-state index in [0.29, 0.717) is 17.1 Å². The minimum absolute atomic E-state index is 0.0404. The number of rotatable bonds is 8. The Balaban J connectivity index is 2.62. The normalized spacial score (nSPS) is 11.0. The zero-order chi connectivity index (χ0) is 20.9. The molecule has 8 heteroatoms. The third-order valence-electron chi connectivity index (χ3n) is 4.14. The fourth-order valence-electron chi connectivity index (χ4n) is 2.76. The van der Waals surface area contributed by atoms with Crippen LogP contribution in [0.4, 0.5) is 5.69 Å². The highest BCUT2D eigenvalue weighted by atomic mass is 32.2. The van der Waals surface area contributed by atoms with Gasteiger partial charge < -0.3 is 14.2 Å². The van der Waals surface area contributed by atoms with Gasteiger partial charge in [0.05, 0.1) is 31.4 Å². The molecule has 0 aromatic heterocycles. The van der Waals surface area contributed by atoms with Crippen molar-refractivity contribution in [1.29, 1.82) is 0 Å². The van der Waals surface area contributed by atoms with Gasteiger partial charge in [-0.15, -0.1) is 0 Å². The Morgan fingerprint density at radius 2 is 1.64 bits per heavy atom. The molecule has 0 atom stereocenters. The molecule has 0 N–H and O–H groups in total. The topological polar surface area (TPSA) is 82.1 Å². The van der Waals surface area contributed by atoms with Crippen LogP contribution < -0.4 is 13.8 Å². The van der Waals surface area contributed by atoms with Crippen molar-refractivity contribution in [3.63, 3.8) is 0 Å². The zero-order valence-corrected chi connectivity index (χ0v) is 17.5. The third kappa shape index (κ3) is 4.56. The Labute approximate surface area is 165 Å². The van der Waals surface area contributed by atoms with Crippen LogP contribution in [0, 0.1) is 13.8 Å². The first-order chi connectivity index (χ1) is 13.2. The molecule has 0 saturated heterocycles. The molecule has 0 fully saturated rings. The zero-order valence-electron chi connectivity index (χ0n) is 16.7. The number of sulfonamides is 1. The van der Waals surface area contributed by atoms with E-state index in [-0.39, 0.29) is 17.2 Å². The minimum Gasteiger partial charge on any atom is -0.496 e. The molecule has 0 aliphatic carbocycles. The molecule has 0 radical (unpaired) electrons. The van der Waals surface area contributed by atoms with Gasteiger partial charge in [-0.1, -0.05) is 6.07 Å². The van der Waals surface area contributed by atoms with Crippen molar-refractivity contribution in [1.82, 2.24) is 0 Å². The molecule has 0 saturated carbocycles. The van der Waals surface area contributed by atoms with Crippen LogP contribution in [-0.4, -0.2) is 41.8 Å². The SMILES string of the molecule is CCOC(=O)CN(c1cc(C)ccc1OC)S(=O)(=O)c1ccc(OC)c(C)c1. The van der Waals surface area contributed by atoms with Crippen LogP contribution in [0.3, 0.4) is 0 Å². The molecule has 7 nitrogen and oxygen atoms in total.